The molecule has 2 aromatic rings. The average Bonchev–Trinajstić information content (AvgIpc) is 2.39. The minimum absolute atomic E-state index is 0. The topological polar surface area (TPSA) is 28.2 Å². The van der Waals surface area contributed by atoms with Crippen molar-refractivity contribution in [2.75, 3.05) is 31.1 Å². The Morgan fingerprint density at radius 1 is 1.22 bits per heavy atom. The van der Waals surface area contributed by atoms with E-state index in [1.165, 1.54) is 6.07 Å². The van der Waals surface area contributed by atoms with Crippen LogP contribution in [0.5, 0.6) is 0 Å². The number of halogens is 2. The van der Waals surface area contributed by atoms with E-state index >= 15 is 0 Å². The minimum atomic E-state index is -0.195. The quantitative estimate of drug-likeness (QED) is 0.859. The summed E-state index contributed by atoms with van der Waals surface area (Å²) in [5.74, 6) is -0.195. The van der Waals surface area contributed by atoms with Crippen molar-refractivity contribution in [1.29, 1.82) is 0 Å². The summed E-state index contributed by atoms with van der Waals surface area (Å²) in [6, 6.07) is 6.86. The fourth-order valence-corrected chi connectivity index (χ4v) is 2.28. The number of fused-ring (bicyclic) bond motifs is 1. The molecular weight excluding hydrogens is 253 g/mol. The van der Waals surface area contributed by atoms with E-state index in [0.717, 1.165) is 42.8 Å². The van der Waals surface area contributed by atoms with Crippen molar-refractivity contribution in [2.24, 2.45) is 0 Å². The Kier molecular flexibility index (Phi) is 3.99. The van der Waals surface area contributed by atoms with Crippen molar-refractivity contribution in [3.05, 3.63) is 36.3 Å². The molecule has 1 saturated heterocycles. The van der Waals surface area contributed by atoms with Gasteiger partial charge in [0.05, 0.1) is 11.2 Å². The molecule has 96 valence electrons. The van der Waals surface area contributed by atoms with E-state index in [4.69, 9.17) is 0 Å². The third-order valence-electron chi connectivity index (χ3n) is 3.11. The van der Waals surface area contributed by atoms with Crippen molar-refractivity contribution in [3.63, 3.8) is 0 Å². The lowest BCUT2D eigenvalue weighted by Gasteiger charge is -2.30. The largest absolute Gasteiger partial charge is 0.367 e. The third-order valence-corrected chi connectivity index (χ3v) is 3.11. The Labute approximate surface area is 111 Å². The molecule has 0 spiro atoms. The molecule has 1 aliphatic heterocycles. The summed E-state index contributed by atoms with van der Waals surface area (Å²) in [6.45, 7) is 3.67. The standard InChI is InChI=1S/C13H14FN3.ClH/c14-11-8-10-2-1-3-16-13(10)12(9-11)17-6-4-15-5-7-17;/h1-3,8-9,15H,4-7H2;1H. The first-order valence-corrected chi connectivity index (χ1v) is 5.84. The van der Waals surface area contributed by atoms with Gasteiger partial charge in [-0.3, -0.25) is 4.98 Å². The Morgan fingerprint density at radius 2 is 2.00 bits per heavy atom. The number of rotatable bonds is 1. The number of anilines is 1. The van der Waals surface area contributed by atoms with E-state index in [0.29, 0.717) is 0 Å². The molecule has 0 atom stereocenters. The van der Waals surface area contributed by atoms with Gasteiger partial charge in [-0.2, -0.15) is 0 Å². The van der Waals surface area contributed by atoms with Gasteiger partial charge in [-0.25, -0.2) is 4.39 Å². The van der Waals surface area contributed by atoms with Crippen molar-refractivity contribution in [1.82, 2.24) is 10.3 Å². The summed E-state index contributed by atoms with van der Waals surface area (Å²) < 4.78 is 13.6. The van der Waals surface area contributed by atoms with Gasteiger partial charge < -0.3 is 10.2 Å². The maximum absolute atomic E-state index is 13.6. The van der Waals surface area contributed by atoms with Crippen LogP contribution in [0.25, 0.3) is 10.9 Å². The molecule has 0 amide bonds. The fourth-order valence-electron chi connectivity index (χ4n) is 2.28. The van der Waals surface area contributed by atoms with Crippen LogP contribution in [0.3, 0.4) is 0 Å². The average molecular weight is 268 g/mol. The van der Waals surface area contributed by atoms with Gasteiger partial charge in [0.15, 0.2) is 0 Å². The van der Waals surface area contributed by atoms with Crippen LogP contribution in [0.1, 0.15) is 0 Å². The van der Waals surface area contributed by atoms with Gasteiger partial charge in [-0.15, -0.1) is 12.4 Å². The van der Waals surface area contributed by atoms with E-state index in [9.17, 15) is 4.39 Å². The number of aromatic nitrogens is 1. The maximum atomic E-state index is 13.6. The molecule has 0 bridgehead atoms. The van der Waals surface area contributed by atoms with Crippen molar-refractivity contribution >= 4 is 29.0 Å². The first-order chi connectivity index (χ1) is 8.34. The molecule has 3 rings (SSSR count). The molecule has 0 aliphatic carbocycles. The lowest BCUT2D eigenvalue weighted by atomic mass is 10.1. The highest BCUT2D eigenvalue weighted by atomic mass is 35.5. The Morgan fingerprint density at radius 3 is 2.78 bits per heavy atom. The molecule has 0 radical (unpaired) electrons. The van der Waals surface area contributed by atoms with Crippen LogP contribution in [0.4, 0.5) is 10.1 Å². The van der Waals surface area contributed by atoms with Gasteiger partial charge in [-0.1, -0.05) is 6.07 Å². The number of piperazine rings is 1. The summed E-state index contributed by atoms with van der Waals surface area (Å²) in [5, 5.41) is 4.15. The number of pyridine rings is 1. The van der Waals surface area contributed by atoms with E-state index in [-0.39, 0.29) is 18.2 Å². The number of nitrogens with zero attached hydrogens (tertiary/aromatic N) is 2. The second kappa shape index (κ2) is 5.50. The first kappa shape index (κ1) is 13.1. The van der Waals surface area contributed by atoms with Gasteiger partial charge >= 0.3 is 0 Å². The van der Waals surface area contributed by atoms with Gasteiger partial charge in [-0.05, 0) is 18.2 Å². The number of hydrogen-bond acceptors (Lipinski definition) is 3. The molecule has 18 heavy (non-hydrogen) atoms. The first-order valence-electron chi connectivity index (χ1n) is 5.84. The van der Waals surface area contributed by atoms with Crippen LogP contribution in [-0.4, -0.2) is 31.2 Å². The predicted octanol–water partition coefficient (Wildman–Crippen LogP) is 2.21. The molecule has 5 heteroatoms. The number of hydrogen-bond donors (Lipinski definition) is 1. The molecule has 1 fully saturated rings. The normalized spacial score (nSPS) is 15.5. The third kappa shape index (κ3) is 2.40. The molecule has 1 N–H and O–H groups in total. The van der Waals surface area contributed by atoms with Crippen LogP contribution < -0.4 is 10.2 Å². The molecular formula is C13H15ClFN3. The lowest BCUT2D eigenvalue weighted by molar-refractivity contribution is 0.586. The molecule has 3 nitrogen and oxygen atoms in total. The smallest absolute Gasteiger partial charge is 0.126 e. The predicted molar refractivity (Wildman–Crippen MR) is 74.0 cm³/mol. The zero-order chi connectivity index (χ0) is 11.7. The van der Waals surface area contributed by atoms with Crippen LogP contribution in [0.15, 0.2) is 30.5 Å². The summed E-state index contributed by atoms with van der Waals surface area (Å²) in [4.78, 5) is 6.56. The van der Waals surface area contributed by atoms with Gasteiger partial charge in [0, 0.05) is 37.8 Å². The number of benzene rings is 1. The highest BCUT2D eigenvalue weighted by Crippen LogP contribution is 2.26. The highest BCUT2D eigenvalue weighted by molar-refractivity contribution is 5.90. The Hall–Kier alpha value is -1.39. The monoisotopic (exact) mass is 267 g/mol. The van der Waals surface area contributed by atoms with E-state index in [2.05, 4.69) is 15.2 Å². The lowest BCUT2D eigenvalue weighted by Crippen LogP contribution is -2.43. The SMILES string of the molecule is Cl.Fc1cc(N2CCNCC2)c2ncccc2c1. The van der Waals surface area contributed by atoms with Crippen LogP contribution >= 0.6 is 12.4 Å². The van der Waals surface area contributed by atoms with Gasteiger partial charge in [0.1, 0.15) is 5.82 Å². The van der Waals surface area contributed by atoms with Crippen LogP contribution in [0, 0.1) is 5.82 Å². The van der Waals surface area contributed by atoms with Crippen LogP contribution in [0.2, 0.25) is 0 Å². The fraction of sp³-hybridized carbons (Fsp3) is 0.308. The molecule has 2 heterocycles. The molecule has 1 aromatic carbocycles. The zero-order valence-corrected chi connectivity index (χ0v) is 10.7. The molecule has 0 unspecified atom stereocenters. The summed E-state index contributed by atoms with van der Waals surface area (Å²) in [7, 11) is 0. The second-order valence-electron chi connectivity index (χ2n) is 4.24. The summed E-state index contributed by atoms with van der Waals surface area (Å²) in [6.07, 6.45) is 1.76. The maximum Gasteiger partial charge on any atom is 0.126 e. The van der Waals surface area contributed by atoms with E-state index in [1.807, 2.05) is 12.1 Å². The van der Waals surface area contributed by atoms with Gasteiger partial charge in [0.2, 0.25) is 0 Å². The molecule has 0 saturated carbocycles. The van der Waals surface area contributed by atoms with Crippen molar-refractivity contribution < 1.29 is 4.39 Å². The van der Waals surface area contributed by atoms with Crippen LogP contribution in [-0.2, 0) is 0 Å². The second-order valence-corrected chi connectivity index (χ2v) is 4.24. The molecule has 1 aliphatic rings. The minimum Gasteiger partial charge on any atom is -0.367 e. The molecule has 1 aromatic heterocycles. The van der Waals surface area contributed by atoms with Crippen molar-refractivity contribution in [3.8, 4) is 0 Å². The highest BCUT2D eigenvalue weighted by Gasteiger charge is 2.14. The van der Waals surface area contributed by atoms with E-state index in [1.54, 1.807) is 12.3 Å². The Balaban J connectivity index is 0.00000120. The number of nitrogens with one attached hydrogen (secondary N) is 1. The Bertz CT molecular complexity index is 541. The van der Waals surface area contributed by atoms with E-state index < -0.39 is 0 Å². The van der Waals surface area contributed by atoms with Gasteiger partial charge in [0.25, 0.3) is 0 Å². The zero-order valence-electron chi connectivity index (χ0n) is 9.90. The summed E-state index contributed by atoms with van der Waals surface area (Å²) in [5.41, 5.74) is 1.79. The van der Waals surface area contributed by atoms with Crippen molar-refractivity contribution in [2.45, 2.75) is 0 Å². The summed E-state index contributed by atoms with van der Waals surface area (Å²) >= 11 is 0.